The largest absolute Gasteiger partial charge is 0.444 e. The summed E-state index contributed by atoms with van der Waals surface area (Å²) in [6, 6.07) is 14.7. The number of amides is 1. The van der Waals surface area contributed by atoms with Crippen LogP contribution in [0, 0.1) is 0 Å². The molecule has 0 aliphatic rings. The van der Waals surface area contributed by atoms with Crippen molar-refractivity contribution in [1.82, 2.24) is 5.32 Å². The maximum atomic E-state index is 11.9. The van der Waals surface area contributed by atoms with Gasteiger partial charge >= 0.3 is 6.09 Å². The number of alkyl carbamates (subject to hydrolysis) is 1. The monoisotopic (exact) mass is 363 g/mol. The summed E-state index contributed by atoms with van der Waals surface area (Å²) in [4.78, 5) is 11.9. The SMILES string of the molecule is CC(C)(C)OC(=O)N[C@H](CBr)Cc1ccc2ccccc2c1. The van der Waals surface area contributed by atoms with Gasteiger partial charge in [-0.1, -0.05) is 58.4 Å². The van der Waals surface area contributed by atoms with Crippen LogP contribution in [0.3, 0.4) is 0 Å². The molecular weight excluding hydrogens is 342 g/mol. The molecule has 1 amide bonds. The van der Waals surface area contributed by atoms with E-state index in [9.17, 15) is 4.79 Å². The minimum atomic E-state index is -0.482. The predicted octanol–water partition coefficient (Wildman–Crippen LogP) is 4.67. The second kappa shape index (κ2) is 7.14. The van der Waals surface area contributed by atoms with Crippen LogP contribution >= 0.6 is 15.9 Å². The van der Waals surface area contributed by atoms with Crippen molar-refractivity contribution in [2.75, 3.05) is 5.33 Å². The normalized spacial score (nSPS) is 12.9. The van der Waals surface area contributed by atoms with Crippen molar-refractivity contribution in [1.29, 1.82) is 0 Å². The van der Waals surface area contributed by atoms with Gasteiger partial charge in [-0.05, 0) is 43.5 Å². The molecule has 0 unspecified atom stereocenters. The van der Waals surface area contributed by atoms with Crippen molar-refractivity contribution >= 4 is 32.8 Å². The number of benzene rings is 2. The number of fused-ring (bicyclic) bond motifs is 1. The van der Waals surface area contributed by atoms with Gasteiger partial charge in [0.25, 0.3) is 0 Å². The minimum Gasteiger partial charge on any atom is -0.444 e. The quantitative estimate of drug-likeness (QED) is 0.801. The first kappa shape index (κ1) is 16.8. The van der Waals surface area contributed by atoms with Crippen molar-refractivity contribution in [2.24, 2.45) is 0 Å². The highest BCUT2D eigenvalue weighted by molar-refractivity contribution is 9.09. The first-order chi connectivity index (χ1) is 10.4. The van der Waals surface area contributed by atoms with E-state index in [2.05, 4.69) is 51.6 Å². The van der Waals surface area contributed by atoms with E-state index in [0.717, 1.165) is 6.42 Å². The van der Waals surface area contributed by atoms with E-state index in [-0.39, 0.29) is 12.1 Å². The third-order valence-corrected chi connectivity index (χ3v) is 3.98. The fourth-order valence-electron chi connectivity index (χ4n) is 2.27. The van der Waals surface area contributed by atoms with Crippen LogP contribution in [0.1, 0.15) is 26.3 Å². The van der Waals surface area contributed by atoms with Gasteiger partial charge < -0.3 is 10.1 Å². The molecule has 1 atom stereocenters. The van der Waals surface area contributed by atoms with Crippen LogP contribution < -0.4 is 5.32 Å². The Bertz CT molecular complexity index is 649. The summed E-state index contributed by atoms with van der Waals surface area (Å²) in [5.41, 5.74) is 0.711. The van der Waals surface area contributed by atoms with Crippen LogP contribution in [0.2, 0.25) is 0 Å². The smallest absolute Gasteiger partial charge is 0.407 e. The van der Waals surface area contributed by atoms with E-state index in [0.29, 0.717) is 5.33 Å². The summed E-state index contributed by atoms with van der Waals surface area (Å²) in [6.07, 6.45) is 0.382. The van der Waals surface area contributed by atoms with Crippen LogP contribution in [0.5, 0.6) is 0 Å². The number of alkyl halides is 1. The summed E-state index contributed by atoms with van der Waals surface area (Å²) >= 11 is 3.46. The van der Waals surface area contributed by atoms with Crippen LogP contribution in [0.15, 0.2) is 42.5 Å². The number of nitrogens with one attached hydrogen (secondary N) is 1. The van der Waals surface area contributed by atoms with Crippen molar-refractivity contribution in [3.8, 4) is 0 Å². The Morgan fingerprint density at radius 1 is 1.18 bits per heavy atom. The molecule has 2 aromatic rings. The fourth-order valence-corrected chi connectivity index (χ4v) is 2.66. The number of ether oxygens (including phenoxy) is 1. The average molecular weight is 364 g/mol. The van der Waals surface area contributed by atoms with Crippen molar-refractivity contribution in [3.63, 3.8) is 0 Å². The molecule has 0 aromatic heterocycles. The first-order valence-corrected chi connectivity index (χ1v) is 8.53. The topological polar surface area (TPSA) is 38.3 Å². The molecule has 0 radical (unpaired) electrons. The van der Waals surface area contributed by atoms with Gasteiger partial charge in [0.2, 0.25) is 0 Å². The predicted molar refractivity (Wildman–Crippen MR) is 94.6 cm³/mol. The van der Waals surface area contributed by atoms with Gasteiger partial charge in [0.05, 0.1) is 0 Å². The van der Waals surface area contributed by atoms with Gasteiger partial charge in [0.1, 0.15) is 5.60 Å². The van der Waals surface area contributed by atoms with Gasteiger partial charge in [0, 0.05) is 11.4 Å². The van der Waals surface area contributed by atoms with E-state index >= 15 is 0 Å². The van der Waals surface area contributed by atoms with E-state index in [1.54, 1.807) is 0 Å². The summed E-state index contributed by atoms with van der Waals surface area (Å²) in [5, 5.41) is 6.03. The van der Waals surface area contributed by atoms with Crippen molar-refractivity contribution in [3.05, 3.63) is 48.0 Å². The second-order valence-electron chi connectivity index (χ2n) is 6.38. The number of halogens is 1. The molecule has 4 heteroatoms. The van der Waals surface area contributed by atoms with Gasteiger partial charge in [-0.3, -0.25) is 0 Å². The van der Waals surface area contributed by atoms with Gasteiger partial charge in [-0.25, -0.2) is 4.79 Å². The summed E-state index contributed by atoms with van der Waals surface area (Å²) in [7, 11) is 0. The molecule has 0 heterocycles. The summed E-state index contributed by atoms with van der Waals surface area (Å²) < 4.78 is 5.31. The fraction of sp³-hybridized carbons (Fsp3) is 0.389. The number of carbonyl (C=O) groups is 1. The number of rotatable bonds is 4. The molecule has 118 valence electrons. The molecule has 0 saturated heterocycles. The highest BCUT2D eigenvalue weighted by Gasteiger charge is 2.19. The Morgan fingerprint density at radius 2 is 1.86 bits per heavy atom. The Morgan fingerprint density at radius 3 is 2.50 bits per heavy atom. The molecule has 0 aliphatic carbocycles. The zero-order valence-electron chi connectivity index (χ0n) is 13.2. The number of carbonyl (C=O) groups excluding carboxylic acids is 1. The Balaban J connectivity index is 2.03. The highest BCUT2D eigenvalue weighted by Crippen LogP contribution is 2.17. The Labute approximate surface area is 140 Å². The molecule has 0 fully saturated rings. The van der Waals surface area contributed by atoms with E-state index in [1.807, 2.05) is 32.9 Å². The van der Waals surface area contributed by atoms with Crippen molar-refractivity contribution < 1.29 is 9.53 Å². The standard InChI is InChI=1S/C18H22BrNO2/c1-18(2,3)22-17(21)20-16(12-19)11-13-8-9-14-6-4-5-7-15(14)10-13/h4-10,16H,11-12H2,1-3H3,(H,20,21)/t16-/m0/s1. The Kier molecular flexibility index (Phi) is 5.46. The maximum Gasteiger partial charge on any atom is 0.407 e. The third-order valence-electron chi connectivity index (χ3n) is 3.20. The molecule has 3 nitrogen and oxygen atoms in total. The van der Waals surface area contributed by atoms with E-state index in [4.69, 9.17) is 4.74 Å². The lowest BCUT2D eigenvalue weighted by atomic mass is 10.0. The lowest BCUT2D eigenvalue weighted by Gasteiger charge is -2.23. The molecule has 0 saturated carbocycles. The second-order valence-corrected chi connectivity index (χ2v) is 7.03. The lowest BCUT2D eigenvalue weighted by Crippen LogP contribution is -2.41. The summed E-state index contributed by atoms with van der Waals surface area (Å²) in [6.45, 7) is 5.58. The molecular formula is C18H22BrNO2. The molecule has 0 spiro atoms. The third kappa shape index (κ3) is 5.02. The van der Waals surface area contributed by atoms with Gasteiger partial charge in [-0.15, -0.1) is 0 Å². The van der Waals surface area contributed by atoms with E-state index in [1.165, 1.54) is 16.3 Å². The first-order valence-electron chi connectivity index (χ1n) is 7.40. The van der Waals surface area contributed by atoms with Crippen LogP contribution in [0.25, 0.3) is 10.8 Å². The highest BCUT2D eigenvalue weighted by atomic mass is 79.9. The van der Waals surface area contributed by atoms with Crippen LogP contribution in [0.4, 0.5) is 4.79 Å². The number of hydrogen-bond acceptors (Lipinski definition) is 2. The molecule has 2 aromatic carbocycles. The average Bonchev–Trinajstić information content (AvgIpc) is 2.44. The van der Waals surface area contributed by atoms with Gasteiger partial charge in [0.15, 0.2) is 0 Å². The zero-order chi connectivity index (χ0) is 16.2. The minimum absolute atomic E-state index is 0.00369. The van der Waals surface area contributed by atoms with Crippen molar-refractivity contribution in [2.45, 2.75) is 38.8 Å². The van der Waals surface area contributed by atoms with Crippen LogP contribution in [-0.2, 0) is 11.2 Å². The molecule has 1 N–H and O–H groups in total. The zero-order valence-corrected chi connectivity index (χ0v) is 14.8. The van der Waals surface area contributed by atoms with E-state index < -0.39 is 5.60 Å². The molecule has 0 bridgehead atoms. The number of hydrogen-bond donors (Lipinski definition) is 1. The summed E-state index contributed by atoms with van der Waals surface area (Å²) in [5.74, 6) is 0. The lowest BCUT2D eigenvalue weighted by molar-refractivity contribution is 0.0510. The molecule has 0 aliphatic heterocycles. The Hall–Kier alpha value is -1.55. The van der Waals surface area contributed by atoms with Gasteiger partial charge in [-0.2, -0.15) is 0 Å². The maximum absolute atomic E-state index is 11.9. The molecule has 2 rings (SSSR count). The van der Waals surface area contributed by atoms with Crippen LogP contribution in [-0.4, -0.2) is 23.1 Å². The molecule has 22 heavy (non-hydrogen) atoms.